The third-order valence-electron chi connectivity index (χ3n) is 3.70. The van der Waals surface area contributed by atoms with Gasteiger partial charge in [0.15, 0.2) is 5.16 Å². The van der Waals surface area contributed by atoms with Gasteiger partial charge in [-0.05, 0) is 38.1 Å². The van der Waals surface area contributed by atoms with E-state index in [4.69, 9.17) is 19.6 Å². The number of ether oxygens (including phenoxy) is 2. The van der Waals surface area contributed by atoms with E-state index in [1.54, 1.807) is 14.0 Å². The van der Waals surface area contributed by atoms with Crippen LogP contribution in [-0.4, -0.2) is 39.9 Å². The number of methoxy groups -OCH3 is 1. The zero-order valence-electron chi connectivity index (χ0n) is 15.6. The standard InChI is InChI=1S/C18H19N5O4S/c1-4-26-17(24)13-9-20-18(21-14(13)19)28-10(2)15-22-23-16(27-15)11-5-7-12(25-3)8-6-11/h5-10H,4H2,1-3H3,(H2,19,20,21)/t10-/m0/s1. The van der Waals surface area contributed by atoms with Gasteiger partial charge in [-0.1, -0.05) is 11.8 Å². The minimum absolute atomic E-state index is 0.0626. The van der Waals surface area contributed by atoms with Crippen LogP contribution in [0.4, 0.5) is 5.82 Å². The van der Waals surface area contributed by atoms with E-state index in [9.17, 15) is 4.79 Å². The second kappa shape index (κ2) is 8.70. The van der Waals surface area contributed by atoms with Crippen LogP contribution in [0.3, 0.4) is 0 Å². The minimum Gasteiger partial charge on any atom is -0.497 e. The molecule has 0 fully saturated rings. The van der Waals surface area contributed by atoms with Crippen molar-refractivity contribution in [2.24, 2.45) is 0 Å². The van der Waals surface area contributed by atoms with Crippen molar-refractivity contribution in [3.63, 3.8) is 0 Å². The molecule has 9 nitrogen and oxygen atoms in total. The second-order valence-corrected chi connectivity index (χ2v) is 6.91. The highest BCUT2D eigenvalue weighted by atomic mass is 32.2. The summed E-state index contributed by atoms with van der Waals surface area (Å²) in [5.74, 6) is 1.09. The first-order chi connectivity index (χ1) is 13.5. The molecule has 0 amide bonds. The average molecular weight is 401 g/mol. The number of nitrogen functional groups attached to an aromatic ring is 1. The number of nitrogens with two attached hydrogens (primary N) is 1. The van der Waals surface area contributed by atoms with Crippen molar-refractivity contribution in [1.29, 1.82) is 0 Å². The summed E-state index contributed by atoms with van der Waals surface area (Å²) in [4.78, 5) is 20.1. The summed E-state index contributed by atoms with van der Waals surface area (Å²) < 4.78 is 15.8. The molecule has 1 atom stereocenters. The van der Waals surface area contributed by atoms with E-state index in [1.807, 2.05) is 31.2 Å². The SMILES string of the molecule is CCOC(=O)c1cnc(S[C@@H](C)c2nnc(-c3ccc(OC)cc3)o2)nc1N. The van der Waals surface area contributed by atoms with Gasteiger partial charge >= 0.3 is 5.97 Å². The molecule has 0 saturated heterocycles. The minimum atomic E-state index is -0.550. The Kier molecular flexibility index (Phi) is 6.09. The van der Waals surface area contributed by atoms with Gasteiger partial charge in [0, 0.05) is 11.8 Å². The molecule has 2 heterocycles. The van der Waals surface area contributed by atoms with Gasteiger partial charge in [0.2, 0.25) is 11.8 Å². The van der Waals surface area contributed by atoms with Gasteiger partial charge in [-0.15, -0.1) is 10.2 Å². The molecule has 0 saturated carbocycles. The van der Waals surface area contributed by atoms with E-state index in [2.05, 4.69) is 20.2 Å². The van der Waals surface area contributed by atoms with Crippen LogP contribution in [0, 0.1) is 0 Å². The number of hydrogen-bond acceptors (Lipinski definition) is 10. The lowest BCUT2D eigenvalue weighted by atomic mass is 10.2. The molecule has 0 spiro atoms. The van der Waals surface area contributed by atoms with Gasteiger partial charge in [0.25, 0.3) is 0 Å². The molecule has 3 aromatic rings. The molecule has 0 aliphatic carbocycles. The lowest BCUT2D eigenvalue weighted by molar-refractivity contribution is 0.0526. The molecular formula is C18H19N5O4S. The van der Waals surface area contributed by atoms with Crippen molar-refractivity contribution in [3.05, 3.63) is 41.9 Å². The molecule has 146 valence electrons. The first-order valence-electron chi connectivity index (χ1n) is 8.46. The number of benzene rings is 1. The Morgan fingerprint density at radius 1 is 1.29 bits per heavy atom. The van der Waals surface area contributed by atoms with Gasteiger partial charge in [-0.2, -0.15) is 0 Å². The predicted molar refractivity (Wildman–Crippen MR) is 103 cm³/mol. The third kappa shape index (κ3) is 4.39. The molecule has 0 aliphatic rings. The highest BCUT2D eigenvalue weighted by Gasteiger charge is 2.19. The summed E-state index contributed by atoms with van der Waals surface area (Å²) in [6, 6.07) is 7.32. The monoisotopic (exact) mass is 401 g/mol. The molecule has 2 N–H and O–H groups in total. The number of thioether (sulfide) groups is 1. The smallest absolute Gasteiger partial charge is 0.343 e. The van der Waals surface area contributed by atoms with Crippen molar-refractivity contribution in [2.45, 2.75) is 24.3 Å². The molecule has 3 rings (SSSR count). The Balaban J connectivity index is 1.71. The lowest BCUT2D eigenvalue weighted by Gasteiger charge is -2.08. The Labute approximate surface area is 165 Å². The van der Waals surface area contributed by atoms with E-state index in [0.717, 1.165) is 11.3 Å². The van der Waals surface area contributed by atoms with Crippen LogP contribution in [0.25, 0.3) is 11.5 Å². The van der Waals surface area contributed by atoms with Crippen LogP contribution in [0.15, 0.2) is 40.0 Å². The molecular weight excluding hydrogens is 382 g/mol. The quantitative estimate of drug-likeness (QED) is 0.358. The van der Waals surface area contributed by atoms with Gasteiger partial charge in [-0.25, -0.2) is 14.8 Å². The lowest BCUT2D eigenvalue weighted by Crippen LogP contribution is -2.10. The van der Waals surface area contributed by atoms with Crippen LogP contribution in [0.1, 0.15) is 35.3 Å². The summed E-state index contributed by atoms with van der Waals surface area (Å²) in [5.41, 5.74) is 6.77. The molecule has 1 aromatic carbocycles. The van der Waals surface area contributed by atoms with Crippen molar-refractivity contribution < 1.29 is 18.7 Å². The molecule has 0 radical (unpaired) electrons. The maximum Gasteiger partial charge on any atom is 0.343 e. The van der Waals surface area contributed by atoms with E-state index in [0.29, 0.717) is 16.9 Å². The number of esters is 1. The molecule has 10 heteroatoms. The highest BCUT2D eigenvalue weighted by molar-refractivity contribution is 7.99. The van der Waals surface area contributed by atoms with E-state index in [-0.39, 0.29) is 23.2 Å². The van der Waals surface area contributed by atoms with Crippen LogP contribution in [0.2, 0.25) is 0 Å². The Hall–Kier alpha value is -3.14. The molecule has 0 bridgehead atoms. The zero-order chi connectivity index (χ0) is 20.1. The maximum absolute atomic E-state index is 11.8. The average Bonchev–Trinajstić information content (AvgIpc) is 3.18. The van der Waals surface area contributed by atoms with Crippen molar-refractivity contribution >= 4 is 23.5 Å². The van der Waals surface area contributed by atoms with Crippen LogP contribution in [0.5, 0.6) is 5.75 Å². The topological polar surface area (TPSA) is 126 Å². The maximum atomic E-state index is 11.8. The third-order valence-corrected chi connectivity index (χ3v) is 4.66. The fraction of sp³-hybridized carbons (Fsp3) is 0.278. The van der Waals surface area contributed by atoms with Crippen molar-refractivity contribution in [2.75, 3.05) is 19.5 Å². The highest BCUT2D eigenvalue weighted by Crippen LogP contribution is 2.34. The number of carbonyl (C=O) groups is 1. The van der Waals surface area contributed by atoms with Gasteiger partial charge in [-0.3, -0.25) is 0 Å². The number of hydrogen-bond donors (Lipinski definition) is 1. The number of nitrogens with zero attached hydrogens (tertiary/aromatic N) is 4. The van der Waals surface area contributed by atoms with Gasteiger partial charge < -0.3 is 19.6 Å². The summed E-state index contributed by atoms with van der Waals surface area (Å²) >= 11 is 1.29. The predicted octanol–water partition coefficient (Wildman–Crippen LogP) is 3.15. The van der Waals surface area contributed by atoms with Crippen molar-refractivity contribution in [3.8, 4) is 17.2 Å². The number of aromatic nitrogens is 4. The van der Waals surface area contributed by atoms with Crippen LogP contribution in [-0.2, 0) is 4.74 Å². The number of anilines is 1. The Morgan fingerprint density at radius 3 is 2.68 bits per heavy atom. The van der Waals surface area contributed by atoms with Crippen LogP contribution >= 0.6 is 11.8 Å². The molecule has 28 heavy (non-hydrogen) atoms. The summed E-state index contributed by atoms with van der Waals surface area (Å²) in [6.07, 6.45) is 1.35. The fourth-order valence-corrected chi connectivity index (χ4v) is 3.04. The van der Waals surface area contributed by atoms with Gasteiger partial charge in [0.05, 0.1) is 19.0 Å². The number of carbonyl (C=O) groups excluding carboxylic acids is 1. The number of rotatable bonds is 7. The Morgan fingerprint density at radius 2 is 2.04 bits per heavy atom. The van der Waals surface area contributed by atoms with E-state index in [1.165, 1.54) is 18.0 Å². The molecule has 2 aromatic heterocycles. The first-order valence-corrected chi connectivity index (χ1v) is 9.34. The normalized spacial score (nSPS) is 11.8. The summed E-state index contributed by atoms with van der Waals surface area (Å²) in [6.45, 7) is 3.85. The van der Waals surface area contributed by atoms with E-state index < -0.39 is 5.97 Å². The van der Waals surface area contributed by atoms with Gasteiger partial charge in [0.1, 0.15) is 17.1 Å². The molecule has 0 aliphatic heterocycles. The summed E-state index contributed by atoms with van der Waals surface area (Å²) in [5, 5.41) is 8.35. The summed E-state index contributed by atoms with van der Waals surface area (Å²) in [7, 11) is 1.60. The fourth-order valence-electron chi connectivity index (χ4n) is 2.26. The largest absolute Gasteiger partial charge is 0.497 e. The Bertz CT molecular complexity index is 961. The zero-order valence-corrected chi connectivity index (χ0v) is 16.4. The van der Waals surface area contributed by atoms with E-state index >= 15 is 0 Å². The van der Waals surface area contributed by atoms with Crippen molar-refractivity contribution in [1.82, 2.24) is 20.2 Å². The molecule has 0 unspecified atom stereocenters. The van der Waals surface area contributed by atoms with Crippen LogP contribution < -0.4 is 10.5 Å². The first kappa shape index (κ1) is 19.6. The second-order valence-electron chi connectivity index (χ2n) is 5.61.